The number of aromatic nitrogens is 4. The highest BCUT2D eigenvalue weighted by atomic mass is 19.4. The van der Waals surface area contributed by atoms with Crippen molar-refractivity contribution in [3.63, 3.8) is 0 Å². The van der Waals surface area contributed by atoms with Gasteiger partial charge in [-0.25, -0.2) is 0 Å². The van der Waals surface area contributed by atoms with Gasteiger partial charge in [0.05, 0.1) is 11.1 Å². The maximum Gasteiger partial charge on any atom is 0.416 e. The molecular weight excluding hydrogens is 470 g/mol. The largest absolute Gasteiger partial charge is 0.530 e. The molecule has 3 rings (SSSR count). The van der Waals surface area contributed by atoms with Crippen LogP contribution in [0.15, 0.2) is 18.2 Å². The number of nitrogens with one attached hydrogen (secondary N) is 1. The van der Waals surface area contributed by atoms with E-state index in [9.17, 15) is 36.2 Å². The zero-order valence-corrected chi connectivity index (χ0v) is 18.3. The molecule has 0 saturated carbocycles. The molecule has 2 unspecified atom stereocenters. The van der Waals surface area contributed by atoms with Crippen LogP contribution >= 0.6 is 0 Å². The molecule has 1 aliphatic heterocycles. The number of anilines is 1. The Kier molecular flexibility index (Phi) is 7.26. The second kappa shape index (κ2) is 9.66. The van der Waals surface area contributed by atoms with Gasteiger partial charge in [-0.05, 0) is 54.7 Å². The minimum Gasteiger partial charge on any atom is -0.530 e. The second-order valence-electron chi connectivity index (χ2n) is 8.18. The number of rotatable bonds is 6. The van der Waals surface area contributed by atoms with Gasteiger partial charge < -0.3 is 19.7 Å². The van der Waals surface area contributed by atoms with Crippen LogP contribution in [0.4, 0.5) is 37.1 Å². The molecule has 1 fully saturated rings. The number of halogens is 6. The zero-order valence-electron chi connectivity index (χ0n) is 18.3. The average Bonchev–Trinajstić information content (AvgIpc) is 3.29. The Hall–Kier alpha value is -3.06. The quantitative estimate of drug-likeness (QED) is 0.617. The molecule has 0 radical (unpaired) electrons. The van der Waals surface area contributed by atoms with Crippen LogP contribution in [0, 0.1) is 0 Å². The monoisotopic (exact) mass is 493 g/mol. The van der Waals surface area contributed by atoms with Crippen LogP contribution < -0.4 is 10.0 Å². The van der Waals surface area contributed by atoms with Gasteiger partial charge in [0.15, 0.2) is 0 Å². The molecule has 2 aromatic rings. The lowest BCUT2D eigenvalue weighted by Gasteiger charge is -2.49. The summed E-state index contributed by atoms with van der Waals surface area (Å²) in [4.78, 5) is 14.4. The molecule has 1 amide bonds. The molecule has 0 spiro atoms. The van der Waals surface area contributed by atoms with E-state index < -0.39 is 47.7 Å². The van der Waals surface area contributed by atoms with Crippen molar-refractivity contribution in [3.05, 3.63) is 34.9 Å². The Morgan fingerprint density at radius 2 is 1.59 bits per heavy atom. The molecule has 0 aliphatic carbocycles. The van der Waals surface area contributed by atoms with E-state index in [1.807, 2.05) is 0 Å². The van der Waals surface area contributed by atoms with Crippen LogP contribution in [-0.4, -0.2) is 49.7 Å². The number of amides is 1. The third-order valence-corrected chi connectivity index (χ3v) is 6.06. The Morgan fingerprint density at radius 1 is 1.06 bits per heavy atom. The summed E-state index contributed by atoms with van der Waals surface area (Å²) < 4.78 is 80.0. The minimum absolute atomic E-state index is 0.0115. The fourth-order valence-electron chi connectivity index (χ4n) is 4.48. The van der Waals surface area contributed by atoms with Gasteiger partial charge in [0.1, 0.15) is 6.09 Å². The number of hydrogen-bond acceptors (Lipinski definition) is 6. The van der Waals surface area contributed by atoms with Crippen LogP contribution in [0.3, 0.4) is 0 Å². The lowest BCUT2D eigenvalue weighted by Crippen LogP contribution is -2.59. The normalized spacial score (nSPS) is 21.5. The van der Waals surface area contributed by atoms with Gasteiger partial charge in [0.2, 0.25) is 0 Å². The number of likely N-dealkylation sites (tertiary alicyclic amines) is 1. The summed E-state index contributed by atoms with van der Waals surface area (Å²) in [7, 11) is 0. The van der Waals surface area contributed by atoms with E-state index in [1.54, 1.807) is 13.8 Å². The zero-order chi connectivity index (χ0) is 25.3. The lowest BCUT2D eigenvalue weighted by atomic mass is 9.87. The first-order valence-corrected chi connectivity index (χ1v) is 10.6. The number of alkyl halides is 6. The van der Waals surface area contributed by atoms with Crippen molar-refractivity contribution in [1.82, 2.24) is 25.5 Å². The first-order chi connectivity index (χ1) is 15.8. The lowest BCUT2D eigenvalue weighted by molar-refractivity contribution is -0.272. The summed E-state index contributed by atoms with van der Waals surface area (Å²) in [6.45, 7) is 3.21. The molecular formula is C20H23F6N6O2-. The number of H-pyrrole nitrogens is 1. The summed E-state index contributed by atoms with van der Waals surface area (Å²) in [6.07, 6.45) is -9.86. The molecule has 1 aliphatic rings. The first kappa shape index (κ1) is 25.6. The van der Waals surface area contributed by atoms with Gasteiger partial charge in [-0.2, -0.15) is 31.6 Å². The number of tetrazole rings is 1. The molecule has 1 saturated heterocycles. The predicted octanol–water partition coefficient (Wildman–Crippen LogP) is 3.61. The maximum atomic E-state index is 13.3. The Bertz CT molecular complexity index is 935. The summed E-state index contributed by atoms with van der Waals surface area (Å²) in [6, 6.07) is 0.0268. The van der Waals surface area contributed by atoms with E-state index in [1.165, 1.54) is 9.80 Å². The smallest absolute Gasteiger partial charge is 0.416 e. The van der Waals surface area contributed by atoms with Crippen LogP contribution in [0.5, 0.6) is 0 Å². The van der Waals surface area contributed by atoms with E-state index >= 15 is 0 Å². The summed E-state index contributed by atoms with van der Waals surface area (Å²) in [5, 5.41) is 25.2. The molecule has 1 aromatic heterocycles. The Labute approximate surface area is 190 Å². The minimum atomic E-state index is -4.98. The number of nitrogens with zero attached hydrogens (tertiary/aromatic N) is 5. The van der Waals surface area contributed by atoms with E-state index in [2.05, 4.69) is 20.6 Å². The topological polar surface area (TPSA) is 101 Å². The highest BCUT2D eigenvalue weighted by molar-refractivity contribution is 5.64. The van der Waals surface area contributed by atoms with E-state index in [0.717, 1.165) is 0 Å². The predicted molar refractivity (Wildman–Crippen MR) is 105 cm³/mol. The van der Waals surface area contributed by atoms with Gasteiger partial charge in [0.25, 0.3) is 5.95 Å². The van der Waals surface area contributed by atoms with Crippen molar-refractivity contribution in [2.75, 3.05) is 4.90 Å². The highest BCUT2D eigenvalue weighted by Gasteiger charge is 2.39. The number of carbonyl (C=O) groups is 1. The van der Waals surface area contributed by atoms with Crippen LogP contribution in [0.2, 0.25) is 0 Å². The SMILES string of the molecule is CCC1CC(N(Cc2cc(C(F)(F)F)cc(C(F)(F)F)c2)c2nn[nH]n2)CC(CC)N1C(=O)[O-]. The van der Waals surface area contributed by atoms with Crippen LogP contribution in [0.1, 0.15) is 56.2 Å². The summed E-state index contributed by atoms with van der Waals surface area (Å²) in [5.74, 6) is -0.0115. The third kappa shape index (κ3) is 5.53. The van der Waals surface area contributed by atoms with Crippen molar-refractivity contribution in [2.24, 2.45) is 0 Å². The number of benzene rings is 1. The number of hydrogen-bond donors (Lipinski definition) is 1. The van der Waals surface area contributed by atoms with Crippen molar-refractivity contribution in [2.45, 2.75) is 76.6 Å². The standard InChI is InChI=1S/C20H24F6N6O2/c1-3-14-8-16(9-15(4-2)32(14)18(33)34)31(17-27-29-30-28-17)10-11-5-12(19(21,22)23)7-13(6-11)20(24,25)26/h5-7,14-16H,3-4,8-10H2,1-2H3,(H,33,34)(H,27,28,29,30)/p-1. The molecule has 0 bridgehead atoms. The van der Waals surface area contributed by atoms with Crippen molar-refractivity contribution < 1.29 is 36.2 Å². The fourth-order valence-corrected chi connectivity index (χ4v) is 4.48. The number of aromatic amines is 1. The third-order valence-electron chi connectivity index (χ3n) is 6.06. The van der Waals surface area contributed by atoms with Crippen LogP contribution in [0.25, 0.3) is 0 Å². The van der Waals surface area contributed by atoms with Gasteiger partial charge in [0, 0.05) is 24.7 Å². The first-order valence-electron chi connectivity index (χ1n) is 10.6. The van der Waals surface area contributed by atoms with Crippen molar-refractivity contribution in [1.29, 1.82) is 0 Å². The molecule has 2 heterocycles. The Morgan fingerprint density at radius 3 is 1.97 bits per heavy atom. The van der Waals surface area contributed by atoms with Crippen LogP contribution in [-0.2, 0) is 18.9 Å². The van der Waals surface area contributed by atoms with Gasteiger partial charge in [-0.1, -0.05) is 18.9 Å². The van der Waals surface area contributed by atoms with E-state index in [0.29, 0.717) is 25.0 Å². The average molecular weight is 493 g/mol. The summed E-state index contributed by atoms with van der Waals surface area (Å²) in [5.41, 5.74) is -3.08. The number of piperidine rings is 1. The molecule has 188 valence electrons. The van der Waals surface area contributed by atoms with E-state index in [4.69, 9.17) is 0 Å². The number of carboxylic acid groups (broad SMARTS) is 1. The van der Waals surface area contributed by atoms with Crippen molar-refractivity contribution >= 4 is 12.0 Å². The second-order valence-corrected chi connectivity index (χ2v) is 8.18. The van der Waals surface area contributed by atoms with Gasteiger partial charge in [-0.15, -0.1) is 5.10 Å². The molecule has 2 atom stereocenters. The molecule has 1 aromatic carbocycles. The Balaban J connectivity index is 2.01. The highest BCUT2D eigenvalue weighted by Crippen LogP contribution is 2.38. The van der Waals surface area contributed by atoms with Gasteiger partial charge >= 0.3 is 12.4 Å². The molecule has 8 nitrogen and oxygen atoms in total. The molecule has 1 N–H and O–H groups in total. The number of carbonyl (C=O) groups excluding carboxylic acids is 1. The molecule has 34 heavy (non-hydrogen) atoms. The maximum absolute atomic E-state index is 13.3. The molecule has 14 heteroatoms. The summed E-state index contributed by atoms with van der Waals surface area (Å²) >= 11 is 0. The fraction of sp³-hybridized carbons (Fsp3) is 0.600. The van der Waals surface area contributed by atoms with Gasteiger partial charge in [-0.3, -0.25) is 0 Å². The van der Waals surface area contributed by atoms with E-state index in [-0.39, 0.29) is 37.0 Å². The van der Waals surface area contributed by atoms with Crippen molar-refractivity contribution in [3.8, 4) is 0 Å².